The summed E-state index contributed by atoms with van der Waals surface area (Å²) in [5.41, 5.74) is 0. The summed E-state index contributed by atoms with van der Waals surface area (Å²) in [6, 6.07) is 0. The average molecular weight is 1430 g/mol. The molecule has 34 heteroatoms. The Bertz CT molecular complexity index is 503. The van der Waals surface area contributed by atoms with E-state index in [1.807, 2.05) is 0 Å². The van der Waals surface area contributed by atoms with Crippen molar-refractivity contribution in [3.05, 3.63) is 0 Å². The molecule has 606 valence electrons. The Morgan fingerprint density at radius 3 is 0.287 bits per heavy atom. The minimum Gasteiger partial charge on any atom is -0.382 e. The first kappa shape index (κ1) is 325. The van der Waals surface area contributed by atoms with Crippen LogP contribution in [0, 0.1) is 0 Å². The van der Waals surface area contributed by atoms with E-state index in [0.29, 0.717) is 7.18 Å². The number of hydrogen-bond donors (Lipinski definition) is 0. The predicted molar refractivity (Wildman–Crippen MR) is 345 cm³/mol. The number of halogens is 30. The summed E-state index contributed by atoms with van der Waals surface area (Å²) in [6.07, 6.45) is -27.8. The molecule has 0 N–H and O–H groups in total. The van der Waals surface area contributed by atoms with Crippen LogP contribution < -0.4 is 0 Å². The minimum absolute atomic E-state index is 0. The lowest BCUT2D eigenvalue weighted by atomic mass is 10.8. The van der Waals surface area contributed by atoms with Crippen LogP contribution >= 0.6 is 0 Å². The van der Waals surface area contributed by atoms with Crippen molar-refractivity contribution >= 4 is 0 Å². The van der Waals surface area contributed by atoms with Crippen LogP contribution in [0.4, 0.5) is 132 Å². The molecule has 0 aliphatic rings. The molecule has 0 unspecified atom stereocenters. The SMILES string of the molecule is C.C.C.C.C.C.C.C.C.C.C.C.C.C.C.C.C.C.C.C.C.C.C.C.C.C.C.C.C.C.CCF.CF.COCCF.COCF.COCF.COF.FCC(F)(F)F.FCC(F)(F)F.FCC(F)(F)F.FCC(F)(F)F.FCC(F)(F)F.FCC(F)(F)F. The Morgan fingerprint density at radius 1 is 0.230 bits per heavy atom. The molecule has 0 saturated carbocycles. The van der Waals surface area contributed by atoms with E-state index in [1.54, 1.807) is 0 Å². The van der Waals surface area contributed by atoms with E-state index in [9.17, 15) is 132 Å². The molecule has 0 rings (SSSR count). The van der Waals surface area contributed by atoms with Gasteiger partial charge in [-0.05, 0) is 11.4 Å². The molecule has 0 aromatic heterocycles. The van der Waals surface area contributed by atoms with Gasteiger partial charge in [-0.15, -0.1) is 0 Å². The summed E-state index contributed by atoms with van der Waals surface area (Å²) < 4.78 is 323. The fraction of sp³-hybridized carbons (Fsp3) is 1.00. The van der Waals surface area contributed by atoms with Gasteiger partial charge in [0, 0.05) is 21.3 Å². The number of hydrogen-bond acceptors (Lipinski definition) is 4. The summed E-state index contributed by atoms with van der Waals surface area (Å²) in [5.74, 6) is 0. The monoisotopic (exact) mass is 1430 g/mol. The van der Waals surface area contributed by atoms with Crippen molar-refractivity contribution in [2.24, 2.45) is 0 Å². The lowest BCUT2D eigenvalue weighted by Crippen LogP contribution is -2.08. The lowest BCUT2D eigenvalue weighted by Gasteiger charge is -1.93. The quantitative estimate of drug-likeness (QED) is 0.263. The molecule has 0 aliphatic carbocycles. The number of alkyl halides is 29. The first-order valence-corrected chi connectivity index (χ1v) is 12.4. The van der Waals surface area contributed by atoms with Gasteiger partial charge < -0.3 is 14.2 Å². The summed E-state index contributed by atoms with van der Waals surface area (Å²) in [4.78, 5) is 2.75. The predicted octanol–water partition coefficient (Wildman–Crippen LogP) is 32.0. The molecule has 0 spiro atoms. The van der Waals surface area contributed by atoms with Crippen LogP contribution in [0.2, 0.25) is 0 Å². The van der Waals surface area contributed by atoms with Crippen molar-refractivity contribution < 1.29 is 151 Å². The molecule has 0 amide bonds. The van der Waals surface area contributed by atoms with Gasteiger partial charge in [0.15, 0.2) is 53.8 Å². The van der Waals surface area contributed by atoms with E-state index in [4.69, 9.17) is 0 Å². The number of methoxy groups -OCH3 is 3. The van der Waals surface area contributed by atoms with Crippen LogP contribution in [0.1, 0.15) is 230 Å². The Morgan fingerprint density at radius 2 is 0.287 bits per heavy atom. The fourth-order valence-corrected chi connectivity index (χ4v) is 0.0772. The highest BCUT2D eigenvalue weighted by molar-refractivity contribution is 4.42. The van der Waals surface area contributed by atoms with Crippen LogP contribution in [0.3, 0.4) is 0 Å². The maximum Gasteiger partial charge on any atom is 0.416 e. The largest absolute Gasteiger partial charge is 0.416 e. The zero-order chi connectivity index (χ0) is 49.6. The highest BCUT2D eigenvalue weighted by Gasteiger charge is 2.28. The molecule has 0 saturated heterocycles. The minimum atomic E-state index is -4.62. The van der Waals surface area contributed by atoms with Crippen molar-refractivity contribution in [1.82, 2.24) is 0 Å². The third-order valence-corrected chi connectivity index (χ3v) is 1.41. The second-order valence-electron chi connectivity index (χ2n) is 6.39. The first-order valence-electron chi connectivity index (χ1n) is 12.4. The number of rotatable bonds is 4. The number of ether oxygens (including phenoxy) is 3. The van der Waals surface area contributed by atoms with Crippen molar-refractivity contribution in [3.63, 3.8) is 0 Å². The third-order valence-electron chi connectivity index (χ3n) is 1.41. The van der Waals surface area contributed by atoms with E-state index in [2.05, 4.69) is 19.2 Å². The van der Waals surface area contributed by atoms with Gasteiger partial charge in [0.1, 0.15) is 6.67 Å². The van der Waals surface area contributed by atoms with Crippen LogP contribution in [0.5, 0.6) is 0 Å². The molecule has 0 aliphatic heterocycles. The normalized spacial score (nSPS) is 6.62. The van der Waals surface area contributed by atoms with E-state index in [-0.39, 0.29) is 243 Å². The van der Waals surface area contributed by atoms with Gasteiger partial charge in [-0.1, -0.05) is 223 Å². The fourth-order valence-electron chi connectivity index (χ4n) is 0.0772. The van der Waals surface area contributed by atoms with E-state index in [0.717, 1.165) is 7.11 Å². The molecule has 4 nitrogen and oxygen atoms in total. The summed E-state index contributed by atoms with van der Waals surface area (Å²) in [6.45, 7) is -13.7. The summed E-state index contributed by atoms with van der Waals surface area (Å²) in [7, 11) is 5.54. The molecule has 87 heavy (non-hydrogen) atoms. The molecule has 0 aromatic carbocycles. The van der Waals surface area contributed by atoms with Crippen molar-refractivity contribution in [2.75, 3.05) is 109 Å². The Balaban J connectivity index is -0.00000000620. The first-order chi connectivity index (χ1) is 25.4. The zero-order valence-corrected chi connectivity index (χ0v) is 29.8. The average Bonchev–Trinajstić information content (AvgIpc) is 3.10. The van der Waals surface area contributed by atoms with Crippen molar-refractivity contribution in [1.29, 1.82) is 0 Å². The standard InChI is InChI=1S/C3H7FO.6C2H2F4.2C2H5FO.C2H5F.CH3FO.CH3F.30CH4/c1-5-3-2-4;6*3-1-2(4,5)6;2*1-4-2-3;1-2-3;1-3-2;1-2;;;;;;;;;;;;;;;;;;;;;;;;;;;;;;/h2-3H2,1H3;6*1H2;2*2H2,1H3;2H2,1H3;1H3;1H3;30*1H4. The van der Waals surface area contributed by atoms with Gasteiger partial charge >= 0.3 is 37.1 Å². The second-order valence-corrected chi connectivity index (χ2v) is 6.39. The molecule has 0 atom stereocenters. The van der Waals surface area contributed by atoms with Gasteiger partial charge in [-0.2, -0.15) is 84.0 Å². The Labute approximate surface area is 526 Å². The molecule has 0 bridgehead atoms. The highest BCUT2D eigenvalue weighted by Crippen LogP contribution is 2.16. The highest BCUT2D eigenvalue weighted by atomic mass is 19.4. The molecule has 0 heterocycles. The van der Waals surface area contributed by atoms with Crippen molar-refractivity contribution in [2.45, 2.75) is 267 Å². The molecular weight excluding hydrogens is 1270 g/mol. The zero-order valence-electron chi connectivity index (χ0n) is 29.8. The van der Waals surface area contributed by atoms with Gasteiger partial charge in [0.2, 0.25) is 0 Å². The summed E-state index contributed by atoms with van der Waals surface area (Å²) in [5, 5.41) is 0. The second kappa shape index (κ2) is 241. The maximum atomic E-state index is 10.9. The van der Waals surface area contributed by atoms with Gasteiger partial charge in [0.05, 0.1) is 27.6 Å². The molecule has 0 aromatic rings. The van der Waals surface area contributed by atoms with Crippen LogP contribution in [-0.2, 0) is 19.2 Å². The van der Waals surface area contributed by atoms with Crippen LogP contribution in [0.25, 0.3) is 0 Å². The Hall–Kier alpha value is -2.26. The van der Waals surface area contributed by atoms with Crippen LogP contribution in [0.15, 0.2) is 0 Å². The van der Waals surface area contributed by atoms with Crippen molar-refractivity contribution in [3.8, 4) is 0 Å². The van der Waals surface area contributed by atoms with E-state index < -0.39 is 90.8 Å². The molecular formula is C53H160F30O4. The maximum absolute atomic E-state index is 10.9. The van der Waals surface area contributed by atoms with Gasteiger partial charge in [-0.3, -0.25) is 8.78 Å². The lowest BCUT2D eigenvalue weighted by molar-refractivity contribution is -0.142. The summed E-state index contributed by atoms with van der Waals surface area (Å²) >= 11 is 0. The Kier molecular flexibility index (Phi) is 902. The van der Waals surface area contributed by atoms with Gasteiger partial charge in [0.25, 0.3) is 0 Å². The molecule has 0 fully saturated rings. The molecule has 0 radical (unpaired) electrons. The third kappa shape index (κ3) is 1440. The van der Waals surface area contributed by atoms with Gasteiger partial charge in [-0.25, -0.2) is 39.5 Å². The van der Waals surface area contributed by atoms with E-state index in [1.165, 1.54) is 28.3 Å². The smallest absolute Gasteiger partial charge is 0.382 e. The van der Waals surface area contributed by atoms with E-state index >= 15 is 0 Å². The topological polar surface area (TPSA) is 36.9 Å². The van der Waals surface area contributed by atoms with Crippen LogP contribution in [-0.4, -0.2) is 146 Å².